The maximum absolute atomic E-state index is 12.0. The summed E-state index contributed by atoms with van der Waals surface area (Å²) < 4.78 is 5.41. The molecule has 6 heteroatoms. The van der Waals surface area contributed by atoms with Gasteiger partial charge in [-0.2, -0.15) is 5.10 Å². The van der Waals surface area contributed by atoms with E-state index in [0.29, 0.717) is 24.0 Å². The van der Waals surface area contributed by atoms with Crippen LogP contribution < -0.4 is 15.5 Å². The highest BCUT2D eigenvalue weighted by molar-refractivity contribution is 6.39. The summed E-state index contributed by atoms with van der Waals surface area (Å²) in [4.78, 5) is 23.9. The minimum atomic E-state index is -0.855. The van der Waals surface area contributed by atoms with Crippen molar-refractivity contribution in [1.29, 1.82) is 0 Å². The van der Waals surface area contributed by atoms with Crippen LogP contribution in [0, 0.1) is 0 Å². The Kier molecular flexibility index (Phi) is 6.91. The summed E-state index contributed by atoms with van der Waals surface area (Å²) in [6.45, 7) is 6.53. The lowest BCUT2D eigenvalue weighted by molar-refractivity contribution is -0.136. The summed E-state index contributed by atoms with van der Waals surface area (Å²) in [5, 5.41) is 6.33. The van der Waals surface area contributed by atoms with Gasteiger partial charge >= 0.3 is 11.8 Å². The van der Waals surface area contributed by atoms with Crippen molar-refractivity contribution < 1.29 is 14.3 Å². The van der Waals surface area contributed by atoms with Crippen LogP contribution in [0.4, 0.5) is 5.69 Å². The standard InChI is InChI=1S/C20H23N3O3/c1-4-26-18-8-6-5-7-17(18)22-19(24)20(25)23-21-13-15-9-11-16(12-10-15)14(2)3/h5-14H,4H2,1-3H3,(H,22,24)(H,23,25)/b21-13-. The van der Waals surface area contributed by atoms with Crippen molar-refractivity contribution in [3.05, 3.63) is 59.7 Å². The first-order valence-electron chi connectivity index (χ1n) is 8.47. The summed E-state index contributed by atoms with van der Waals surface area (Å²) in [6.07, 6.45) is 1.49. The molecule has 0 atom stereocenters. The monoisotopic (exact) mass is 353 g/mol. The van der Waals surface area contributed by atoms with Crippen molar-refractivity contribution in [2.45, 2.75) is 26.7 Å². The Balaban J connectivity index is 1.92. The molecule has 0 aliphatic rings. The number of nitrogens with one attached hydrogen (secondary N) is 2. The second-order valence-electron chi connectivity index (χ2n) is 5.90. The minimum Gasteiger partial charge on any atom is -0.492 e. The van der Waals surface area contributed by atoms with Gasteiger partial charge in [0.1, 0.15) is 5.75 Å². The number of hydrazone groups is 1. The van der Waals surface area contributed by atoms with Gasteiger partial charge in [-0.1, -0.05) is 50.2 Å². The van der Waals surface area contributed by atoms with Crippen molar-refractivity contribution in [3.8, 4) is 5.75 Å². The lowest BCUT2D eigenvalue weighted by Gasteiger charge is -2.10. The molecule has 136 valence electrons. The van der Waals surface area contributed by atoms with Crippen molar-refractivity contribution in [1.82, 2.24) is 5.43 Å². The SMILES string of the molecule is CCOc1ccccc1NC(=O)C(=O)N/N=C\c1ccc(C(C)C)cc1. The van der Waals surface area contributed by atoms with Gasteiger partial charge in [0.2, 0.25) is 0 Å². The number of ether oxygens (including phenoxy) is 1. The van der Waals surface area contributed by atoms with E-state index in [1.165, 1.54) is 11.8 Å². The molecule has 0 spiro atoms. The van der Waals surface area contributed by atoms with Crippen LogP contribution in [0.3, 0.4) is 0 Å². The summed E-state index contributed by atoms with van der Waals surface area (Å²) in [5.74, 6) is -0.718. The molecule has 0 saturated carbocycles. The third-order valence-corrected chi connectivity index (χ3v) is 3.62. The zero-order valence-electron chi connectivity index (χ0n) is 15.2. The van der Waals surface area contributed by atoms with Crippen LogP contribution in [0.1, 0.15) is 37.8 Å². The fourth-order valence-electron chi connectivity index (χ4n) is 2.21. The number of anilines is 1. The molecule has 0 aromatic heterocycles. The summed E-state index contributed by atoms with van der Waals surface area (Å²) in [7, 11) is 0. The summed E-state index contributed by atoms with van der Waals surface area (Å²) in [6, 6.07) is 14.7. The Morgan fingerprint density at radius 1 is 1.08 bits per heavy atom. The van der Waals surface area contributed by atoms with E-state index >= 15 is 0 Å². The molecule has 0 fully saturated rings. The zero-order valence-corrected chi connectivity index (χ0v) is 15.2. The van der Waals surface area contributed by atoms with Gasteiger partial charge in [0.15, 0.2) is 0 Å². The molecule has 0 aliphatic carbocycles. The van der Waals surface area contributed by atoms with Crippen LogP contribution >= 0.6 is 0 Å². The van der Waals surface area contributed by atoms with Gasteiger partial charge in [-0.15, -0.1) is 0 Å². The second kappa shape index (κ2) is 9.36. The molecule has 0 saturated heterocycles. The Bertz CT molecular complexity index is 783. The molecule has 2 N–H and O–H groups in total. The van der Waals surface area contributed by atoms with Gasteiger partial charge in [-0.25, -0.2) is 5.43 Å². The molecule has 2 aromatic rings. The molecule has 0 bridgehead atoms. The van der Waals surface area contributed by atoms with E-state index < -0.39 is 11.8 Å². The van der Waals surface area contributed by atoms with E-state index in [0.717, 1.165) is 5.56 Å². The maximum Gasteiger partial charge on any atom is 0.329 e. The van der Waals surface area contributed by atoms with Crippen LogP contribution in [0.5, 0.6) is 5.75 Å². The predicted molar refractivity (Wildman–Crippen MR) is 103 cm³/mol. The van der Waals surface area contributed by atoms with Crippen LogP contribution in [0.15, 0.2) is 53.6 Å². The Hall–Kier alpha value is -3.15. The van der Waals surface area contributed by atoms with E-state index in [1.807, 2.05) is 31.2 Å². The van der Waals surface area contributed by atoms with Gasteiger partial charge in [-0.05, 0) is 36.1 Å². The second-order valence-corrected chi connectivity index (χ2v) is 5.90. The number of rotatable bonds is 6. The molecule has 2 amide bonds. The molecular weight excluding hydrogens is 330 g/mol. The van der Waals surface area contributed by atoms with E-state index in [1.54, 1.807) is 24.3 Å². The summed E-state index contributed by atoms with van der Waals surface area (Å²) in [5.41, 5.74) is 4.70. The fourth-order valence-corrected chi connectivity index (χ4v) is 2.21. The number of carbonyl (C=O) groups excluding carboxylic acids is 2. The third kappa shape index (κ3) is 5.44. The van der Waals surface area contributed by atoms with Crippen molar-refractivity contribution >= 4 is 23.7 Å². The van der Waals surface area contributed by atoms with Gasteiger partial charge in [0.25, 0.3) is 0 Å². The fraction of sp³-hybridized carbons (Fsp3) is 0.250. The number of hydrogen-bond acceptors (Lipinski definition) is 4. The lowest BCUT2D eigenvalue weighted by Crippen LogP contribution is -2.32. The quantitative estimate of drug-likeness (QED) is 0.475. The number of benzene rings is 2. The Labute approximate surface area is 153 Å². The van der Waals surface area contributed by atoms with Gasteiger partial charge in [0, 0.05) is 0 Å². The molecule has 26 heavy (non-hydrogen) atoms. The largest absolute Gasteiger partial charge is 0.492 e. The minimum absolute atomic E-state index is 0.433. The number of nitrogens with zero attached hydrogens (tertiary/aromatic N) is 1. The smallest absolute Gasteiger partial charge is 0.329 e. The predicted octanol–water partition coefficient (Wildman–Crippen LogP) is 3.30. The first kappa shape index (κ1) is 19.2. The van der Waals surface area contributed by atoms with Gasteiger partial charge < -0.3 is 10.1 Å². The topological polar surface area (TPSA) is 79.8 Å². The molecule has 0 aliphatic heterocycles. The number of hydrogen-bond donors (Lipinski definition) is 2. The maximum atomic E-state index is 12.0. The van der Waals surface area contributed by atoms with Gasteiger partial charge in [-0.3, -0.25) is 9.59 Å². The third-order valence-electron chi connectivity index (χ3n) is 3.62. The first-order chi connectivity index (χ1) is 12.5. The van der Waals surface area contributed by atoms with E-state index in [4.69, 9.17) is 4.74 Å². The highest BCUT2D eigenvalue weighted by Gasteiger charge is 2.15. The Morgan fingerprint density at radius 3 is 2.42 bits per heavy atom. The van der Waals surface area contributed by atoms with E-state index in [-0.39, 0.29) is 0 Å². The highest BCUT2D eigenvalue weighted by Crippen LogP contribution is 2.23. The van der Waals surface area contributed by atoms with Crippen molar-refractivity contribution in [3.63, 3.8) is 0 Å². The van der Waals surface area contributed by atoms with Crippen LogP contribution in [-0.4, -0.2) is 24.6 Å². The van der Waals surface area contributed by atoms with Crippen LogP contribution in [-0.2, 0) is 9.59 Å². The molecular formula is C20H23N3O3. The molecule has 0 unspecified atom stereocenters. The highest BCUT2D eigenvalue weighted by atomic mass is 16.5. The molecule has 6 nitrogen and oxygen atoms in total. The number of para-hydroxylation sites is 2. The van der Waals surface area contributed by atoms with Crippen molar-refractivity contribution in [2.24, 2.45) is 5.10 Å². The molecule has 2 aromatic carbocycles. The van der Waals surface area contributed by atoms with E-state index in [2.05, 4.69) is 29.7 Å². The molecule has 0 heterocycles. The van der Waals surface area contributed by atoms with Gasteiger partial charge in [0.05, 0.1) is 18.5 Å². The lowest BCUT2D eigenvalue weighted by atomic mass is 10.0. The average Bonchev–Trinajstić information content (AvgIpc) is 2.63. The van der Waals surface area contributed by atoms with E-state index in [9.17, 15) is 9.59 Å². The number of carbonyl (C=O) groups is 2. The van der Waals surface area contributed by atoms with Crippen LogP contribution in [0.2, 0.25) is 0 Å². The van der Waals surface area contributed by atoms with Crippen molar-refractivity contribution in [2.75, 3.05) is 11.9 Å². The first-order valence-corrected chi connectivity index (χ1v) is 8.47. The average molecular weight is 353 g/mol. The zero-order chi connectivity index (χ0) is 18.9. The molecule has 0 radical (unpaired) electrons. The van der Waals surface area contributed by atoms with Crippen LogP contribution in [0.25, 0.3) is 0 Å². The summed E-state index contributed by atoms with van der Waals surface area (Å²) >= 11 is 0. The molecule has 2 rings (SSSR count). The number of amides is 2. The Morgan fingerprint density at radius 2 is 1.77 bits per heavy atom. The normalized spacial score (nSPS) is 10.8.